The van der Waals surface area contributed by atoms with Crippen LogP contribution in [0, 0.1) is 0 Å². The predicted molar refractivity (Wildman–Crippen MR) is 267 cm³/mol. The van der Waals surface area contributed by atoms with E-state index in [0.29, 0.717) is 0 Å². The van der Waals surface area contributed by atoms with Crippen LogP contribution in [-0.4, -0.2) is 0 Å². The van der Waals surface area contributed by atoms with E-state index >= 15 is 0 Å². The molecular weight excluding hydrogens is 799 g/mol. The molecule has 10 aromatic rings. The first kappa shape index (κ1) is 37.3. The molecule has 0 saturated carbocycles. The van der Waals surface area contributed by atoms with Crippen molar-refractivity contribution >= 4 is 79.8 Å². The van der Waals surface area contributed by atoms with E-state index in [1.54, 1.807) is 0 Å². The third-order valence-electron chi connectivity index (χ3n) is 11.3. The van der Waals surface area contributed by atoms with E-state index in [1.807, 2.05) is 22.8 Å². The first-order chi connectivity index (χ1) is 29.8. The quantitative estimate of drug-likeness (QED) is 0.126. The molecule has 1 aliphatic carbocycles. The second-order valence-electron chi connectivity index (χ2n) is 14.9. The SMILES string of the molecule is c1ccc(P(Sc2ccc(-c3c4c(c(-c5ccc(SP(c6ccccc6)c6ccccc6)cc5)c5ccccc35)-c3cccc5cccc-4c35)cc2)c2ccccc2)cc1. The Kier molecular flexibility index (Phi) is 10.2. The summed E-state index contributed by atoms with van der Waals surface area (Å²) in [7, 11) is -1.25. The van der Waals surface area contributed by atoms with Crippen molar-refractivity contribution in [1.82, 2.24) is 0 Å². The summed E-state index contributed by atoms with van der Waals surface area (Å²) in [5, 5.41) is 10.7. The molecule has 0 aromatic heterocycles. The summed E-state index contributed by atoms with van der Waals surface area (Å²) >= 11 is 3.96. The van der Waals surface area contributed by atoms with Gasteiger partial charge in [-0.05, 0) is 112 Å². The second-order valence-corrected chi connectivity index (χ2v) is 22.8. The van der Waals surface area contributed by atoms with Gasteiger partial charge in [-0.3, -0.25) is 0 Å². The van der Waals surface area contributed by atoms with Crippen LogP contribution in [0.3, 0.4) is 0 Å². The summed E-state index contributed by atoms with van der Waals surface area (Å²) in [6.45, 7) is 0. The lowest BCUT2D eigenvalue weighted by molar-refractivity contribution is 1.47. The minimum atomic E-state index is -0.623. The molecule has 0 nitrogen and oxygen atoms in total. The number of fused-ring (bicyclic) bond motifs is 4. The highest BCUT2D eigenvalue weighted by molar-refractivity contribution is 8.60. The fourth-order valence-corrected chi connectivity index (χ4v) is 17.1. The number of rotatable bonds is 10. The van der Waals surface area contributed by atoms with Crippen LogP contribution in [0.15, 0.2) is 240 Å². The molecular formula is C56H38P2S2. The molecule has 0 saturated heterocycles. The Morgan fingerprint density at radius 2 is 0.600 bits per heavy atom. The molecule has 4 heteroatoms. The van der Waals surface area contributed by atoms with Crippen LogP contribution < -0.4 is 21.2 Å². The Bertz CT molecular complexity index is 2830. The van der Waals surface area contributed by atoms with Crippen LogP contribution in [0.4, 0.5) is 0 Å². The van der Waals surface area contributed by atoms with Gasteiger partial charge in [0.25, 0.3) is 0 Å². The fourth-order valence-electron chi connectivity index (χ4n) is 8.67. The zero-order valence-corrected chi connectivity index (χ0v) is 36.1. The Morgan fingerprint density at radius 1 is 0.267 bits per heavy atom. The molecule has 0 heterocycles. The minimum absolute atomic E-state index is 0.623. The molecule has 60 heavy (non-hydrogen) atoms. The molecule has 1 aliphatic rings. The normalized spacial score (nSPS) is 11.8. The Balaban J connectivity index is 1.04. The lowest BCUT2D eigenvalue weighted by atomic mass is 9.82. The summed E-state index contributed by atoms with van der Waals surface area (Å²) in [6.07, 6.45) is 0. The monoisotopic (exact) mass is 836 g/mol. The van der Waals surface area contributed by atoms with Gasteiger partial charge in [0, 0.05) is 24.0 Å². The van der Waals surface area contributed by atoms with Gasteiger partial charge < -0.3 is 0 Å². The maximum Gasteiger partial charge on any atom is 0.0207 e. The average Bonchev–Trinajstić information content (AvgIpc) is 3.65. The Labute approximate surface area is 362 Å². The van der Waals surface area contributed by atoms with E-state index in [-0.39, 0.29) is 0 Å². The highest BCUT2D eigenvalue weighted by atomic mass is 32.7. The van der Waals surface area contributed by atoms with E-state index in [4.69, 9.17) is 0 Å². The predicted octanol–water partition coefficient (Wildman–Crippen LogP) is 15.3. The summed E-state index contributed by atoms with van der Waals surface area (Å²) in [6, 6.07) is 85.5. The first-order valence-electron chi connectivity index (χ1n) is 20.3. The fraction of sp³-hybridized carbons (Fsp3) is 0. The second kappa shape index (κ2) is 16.4. The van der Waals surface area contributed by atoms with E-state index in [0.717, 1.165) is 0 Å². The third kappa shape index (κ3) is 6.89. The summed E-state index contributed by atoms with van der Waals surface area (Å²) in [4.78, 5) is 2.56. The van der Waals surface area contributed by atoms with Crippen LogP contribution in [-0.2, 0) is 0 Å². The van der Waals surface area contributed by atoms with E-state index in [2.05, 4.69) is 231 Å². The van der Waals surface area contributed by atoms with Gasteiger partial charge in [0.15, 0.2) is 0 Å². The lowest BCUT2D eigenvalue weighted by Crippen LogP contribution is -2.08. The van der Waals surface area contributed by atoms with Gasteiger partial charge in [-0.1, -0.05) is 229 Å². The number of hydrogen-bond donors (Lipinski definition) is 0. The molecule has 0 atom stereocenters. The maximum absolute atomic E-state index is 2.36. The van der Waals surface area contributed by atoms with Crippen molar-refractivity contribution in [3.05, 3.63) is 231 Å². The molecule has 284 valence electrons. The van der Waals surface area contributed by atoms with E-state index in [9.17, 15) is 0 Å². The van der Waals surface area contributed by atoms with Crippen molar-refractivity contribution in [2.75, 3.05) is 0 Å². The van der Waals surface area contributed by atoms with Crippen molar-refractivity contribution in [3.63, 3.8) is 0 Å². The highest BCUT2D eigenvalue weighted by Crippen LogP contribution is 2.59. The van der Waals surface area contributed by atoms with Crippen molar-refractivity contribution in [1.29, 1.82) is 0 Å². The molecule has 0 bridgehead atoms. The molecule has 10 aromatic carbocycles. The summed E-state index contributed by atoms with van der Waals surface area (Å²) in [5.74, 6) is 0. The first-order valence-corrected chi connectivity index (χ1v) is 25.8. The van der Waals surface area contributed by atoms with E-state index in [1.165, 1.54) is 97.1 Å². The molecule has 0 unspecified atom stereocenters. The smallest absolute Gasteiger partial charge is 0.0207 e. The molecule has 11 rings (SSSR count). The molecule has 0 radical (unpaired) electrons. The van der Waals surface area contributed by atoms with Gasteiger partial charge in [-0.25, -0.2) is 0 Å². The molecule has 0 aliphatic heterocycles. The lowest BCUT2D eigenvalue weighted by Gasteiger charge is -2.21. The van der Waals surface area contributed by atoms with Crippen LogP contribution in [0.5, 0.6) is 0 Å². The van der Waals surface area contributed by atoms with Crippen LogP contribution >= 0.6 is 37.0 Å². The molecule has 0 fully saturated rings. The zero-order valence-electron chi connectivity index (χ0n) is 32.7. The van der Waals surface area contributed by atoms with Crippen LogP contribution in [0.2, 0.25) is 0 Å². The van der Waals surface area contributed by atoms with Gasteiger partial charge in [-0.15, -0.1) is 0 Å². The van der Waals surface area contributed by atoms with Crippen LogP contribution in [0.25, 0.3) is 66.1 Å². The van der Waals surface area contributed by atoms with E-state index < -0.39 is 14.2 Å². The van der Waals surface area contributed by atoms with Crippen molar-refractivity contribution in [3.8, 4) is 44.5 Å². The highest BCUT2D eigenvalue weighted by Gasteiger charge is 2.30. The molecule has 0 spiro atoms. The third-order valence-corrected chi connectivity index (χ3v) is 20.6. The van der Waals surface area contributed by atoms with Gasteiger partial charge in [0.2, 0.25) is 0 Å². The molecule has 0 amide bonds. The summed E-state index contributed by atoms with van der Waals surface area (Å²) in [5.41, 5.74) is 10.4. The van der Waals surface area contributed by atoms with Crippen molar-refractivity contribution in [2.24, 2.45) is 0 Å². The van der Waals surface area contributed by atoms with Gasteiger partial charge in [0.1, 0.15) is 0 Å². The molecule has 0 N–H and O–H groups in total. The van der Waals surface area contributed by atoms with Crippen molar-refractivity contribution < 1.29 is 0 Å². The standard InChI is InChI=1S/C56H38P2S2/c1-5-19-42(20-6-1)57(43-21-7-2-8-22-43)59-46-35-31-40(32-36-46)53-48-27-13-14-28-49(48)54(56-51-30-16-18-39-17-15-29-50(52(39)51)55(53)56)41-33-37-47(38-34-41)60-58(44-23-9-3-10-24-44)45-25-11-4-12-26-45/h1-38H. The Hall–Kier alpha value is -5.72. The van der Waals surface area contributed by atoms with Gasteiger partial charge >= 0.3 is 0 Å². The van der Waals surface area contributed by atoms with Gasteiger partial charge in [-0.2, -0.15) is 0 Å². The van der Waals surface area contributed by atoms with Crippen LogP contribution in [0.1, 0.15) is 0 Å². The van der Waals surface area contributed by atoms with Gasteiger partial charge in [0.05, 0.1) is 0 Å². The zero-order chi connectivity index (χ0) is 39.8. The number of hydrogen-bond acceptors (Lipinski definition) is 2. The number of benzene rings is 10. The average molecular weight is 837 g/mol. The minimum Gasteiger partial charge on any atom is -0.0888 e. The largest absolute Gasteiger partial charge is 0.0888 e. The van der Waals surface area contributed by atoms with Crippen molar-refractivity contribution in [2.45, 2.75) is 9.79 Å². The maximum atomic E-state index is 2.36. The Morgan fingerprint density at radius 3 is 0.950 bits per heavy atom. The summed E-state index contributed by atoms with van der Waals surface area (Å²) < 4.78 is 0. The topological polar surface area (TPSA) is 0 Å².